The highest BCUT2D eigenvalue weighted by atomic mass is 16.3. The molecule has 1 aromatic rings. The number of nitrogens with two attached hydrogens (primary N) is 1. The van der Waals surface area contributed by atoms with Gasteiger partial charge in [0, 0.05) is 5.69 Å². The number of nitrogens with one attached hydrogen (secondary N) is 1. The molecule has 0 aromatic heterocycles. The Kier molecular flexibility index (Phi) is 3.52. The van der Waals surface area contributed by atoms with Crippen molar-refractivity contribution in [3.8, 4) is 0 Å². The van der Waals surface area contributed by atoms with Crippen LogP contribution in [0.4, 0.5) is 5.69 Å². The molecule has 0 heterocycles. The Bertz CT molecular complexity index is 462. The average molecular weight is 264 g/mol. The fourth-order valence-electron chi connectivity index (χ4n) is 2.10. The van der Waals surface area contributed by atoms with E-state index in [1.165, 1.54) is 0 Å². The molecule has 1 saturated carbocycles. The van der Waals surface area contributed by atoms with E-state index < -0.39 is 11.0 Å². The molecule has 104 valence electrons. The molecular weight excluding hydrogens is 244 g/mol. The zero-order valence-electron chi connectivity index (χ0n) is 11.0. The van der Waals surface area contributed by atoms with E-state index in [0.29, 0.717) is 5.69 Å². The Labute approximate surface area is 112 Å². The largest absolute Gasteiger partial charge is 0.399 e. The summed E-state index contributed by atoms with van der Waals surface area (Å²) in [6.45, 7) is 1.02. The van der Waals surface area contributed by atoms with Crippen molar-refractivity contribution in [3.05, 3.63) is 29.8 Å². The van der Waals surface area contributed by atoms with Crippen LogP contribution in [0.2, 0.25) is 0 Å². The van der Waals surface area contributed by atoms with Crippen LogP contribution in [0.1, 0.15) is 25.3 Å². The second kappa shape index (κ2) is 4.83. The highest BCUT2D eigenvalue weighted by Gasteiger charge is 2.52. The lowest BCUT2D eigenvalue weighted by atomic mass is 9.93. The maximum absolute atomic E-state index is 12.4. The summed E-state index contributed by atoms with van der Waals surface area (Å²) in [5.74, 6) is -0.150. The maximum Gasteiger partial charge on any atom is 0.231 e. The number of rotatable bonds is 5. The number of benzene rings is 1. The number of hydrogen-bond donors (Lipinski definition) is 4. The van der Waals surface area contributed by atoms with Gasteiger partial charge in [0.05, 0.1) is 24.2 Å². The Morgan fingerprint density at radius 3 is 2.26 bits per heavy atom. The Morgan fingerprint density at radius 1 is 1.32 bits per heavy atom. The molecule has 19 heavy (non-hydrogen) atoms. The summed E-state index contributed by atoms with van der Waals surface area (Å²) < 4.78 is 0. The lowest BCUT2D eigenvalue weighted by molar-refractivity contribution is -0.126. The van der Waals surface area contributed by atoms with E-state index in [-0.39, 0.29) is 19.1 Å². The topological polar surface area (TPSA) is 95.6 Å². The summed E-state index contributed by atoms with van der Waals surface area (Å²) in [5.41, 5.74) is 5.72. The molecule has 5 N–H and O–H groups in total. The van der Waals surface area contributed by atoms with Crippen LogP contribution >= 0.6 is 0 Å². The number of amides is 1. The fourth-order valence-corrected chi connectivity index (χ4v) is 2.10. The van der Waals surface area contributed by atoms with E-state index in [2.05, 4.69) is 5.32 Å². The minimum Gasteiger partial charge on any atom is -0.399 e. The molecule has 1 amide bonds. The second-order valence-corrected chi connectivity index (χ2v) is 5.54. The van der Waals surface area contributed by atoms with E-state index >= 15 is 0 Å². The number of carbonyl (C=O) groups is 1. The summed E-state index contributed by atoms with van der Waals surface area (Å²) in [7, 11) is 0. The Morgan fingerprint density at radius 2 is 1.84 bits per heavy atom. The van der Waals surface area contributed by atoms with Crippen LogP contribution in [-0.4, -0.2) is 34.9 Å². The minimum atomic E-state index is -0.986. The molecule has 2 rings (SSSR count). The third-order valence-electron chi connectivity index (χ3n) is 3.76. The molecule has 5 nitrogen and oxygen atoms in total. The van der Waals surface area contributed by atoms with Crippen molar-refractivity contribution in [1.82, 2.24) is 5.32 Å². The van der Waals surface area contributed by atoms with Gasteiger partial charge in [0.2, 0.25) is 5.91 Å². The van der Waals surface area contributed by atoms with Gasteiger partial charge in [-0.2, -0.15) is 0 Å². The molecule has 1 fully saturated rings. The van der Waals surface area contributed by atoms with Gasteiger partial charge in [0.15, 0.2) is 0 Å². The standard InChI is InChI=1S/C14H20N2O3/c1-13(8-17,9-18)16-12(19)14(6-7-14)10-2-4-11(15)5-3-10/h2-5,17-18H,6-9,15H2,1H3,(H,16,19). The SMILES string of the molecule is CC(CO)(CO)NC(=O)C1(c2ccc(N)cc2)CC1. The first-order valence-electron chi connectivity index (χ1n) is 6.36. The van der Waals surface area contributed by atoms with Crippen molar-refractivity contribution in [3.63, 3.8) is 0 Å². The van der Waals surface area contributed by atoms with Crippen LogP contribution in [-0.2, 0) is 10.2 Å². The number of hydrogen-bond acceptors (Lipinski definition) is 4. The summed E-state index contributed by atoms with van der Waals surface area (Å²) in [4.78, 5) is 12.4. The minimum absolute atomic E-state index is 0.150. The smallest absolute Gasteiger partial charge is 0.231 e. The number of carbonyl (C=O) groups excluding carboxylic acids is 1. The van der Waals surface area contributed by atoms with Gasteiger partial charge < -0.3 is 21.3 Å². The zero-order chi connectivity index (χ0) is 14.1. The van der Waals surface area contributed by atoms with Gasteiger partial charge in [-0.25, -0.2) is 0 Å². The van der Waals surface area contributed by atoms with Crippen LogP contribution < -0.4 is 11.1 Å². The molecule has 0 radical (unpaired) electrons. The molecule has 1 aliphatic carbocycles. The molecule has 1 aromatic carbocycles. The van der Waals surface area contributed by atoms with E-state index in [0.717, 1.165) is 18.4 Å². The molecule has 0 atom stereocenters. The number of aliphatic hydroxyl groups excluding tert-OH is 2. The lowest BCUT2D eigenvalue weighted by Gasteiger charge is -2.29. The Balaban J connectivity index is 2.17. The molecule has 0 unspecified atom stereocenters. The van der Waals surface area contributed by atoms with Crippen LogP contribution in [0.5, 0.6) is 0 Å². The van der Waals surface area contributed by atoms with E-state index in [1.54, 1.807) is 19.1 Å². The third kappa shape index (κ3) is 2.57. The van der Waals surface area contributed by atoms with Crippen LogP contribution in [0.15, 0.2) is 24.3 Å². The predicted molar refractivity (Wildman–Crippen MR) is 72.5 cm³/mol. The van der Waals surface area contributed by atoms with Gasteiger partial charge in [-0.05, 0) is 37.5 Å². The molecule has 0 saturated heterocycles. The maximum atomic E-state index is 12.4. The van der Waals surface area contributed by atoms with Gasteiger partial charge in [-0.3, -0.25) is 4.79 Å². The van der Waals surface area contributed by atoms with Crippen molar-refractivity contribution >= 4 is 11.6 Å². The molecule has 0 aliphatic heterocycles. The lowest BCUT2D eigenvalue weighted by Crippen LogP contribution is -2.54. The van der Waals surface area contributed by atoms with Gasteiger partial charge in [0.1, 0.15) is 0 Å². The van der Waals surface area contributed by atoms with Crippen molar-refractivity contribution in [2.45, 2.75) is 30.7 Å². The van der Waals surface area contributed by atoms with Crippen molar-refractivity contribution in [1.29, 1.82) is 0 Å². The van der Waals surface area contributed by atoms with Crippen molar-refractivity contribution in [2.75, 3.05) is 18.9 Å². The van der Waals surface area contributed by atoms with Crippen molar-refractivity contribution < 1.29 is 15.0 Å². The van der Waals surface area contributed by atoms with Gasteiger partial charge >= 0.3 is 0 Å². The van der Waals surface area contributed by atoms with Crippen LogP contribution in [0.25, 0.3) is 0 Å². The van der Waals surface area contributed by atoms with E-state index in [1.807, 2.05) is 12.1 Å². The third-order valence-corrected chi connectivity index (χ3v) is 3.76. The van der Waals surface area contributed by atoms with Crippen LogP contribution in [0, 0.1) is 0 Å². The summed E-state index contributed by atoms with van der Waals surface area (Å²) in [6, 6.07) is 7.27. The van der Waals surface area contributed by atoms with E-state index in [4.69, 9.17) is 5.73 Å². The normalized spacial score (nSPS) is 17.0. The quantitative estimate of drug-likeness (QED) is 0.570. The van der Waals surface area contributed by atoms with Gasteiger partial charge in [0.25, 0.3) is 0 Å². The average Bonchev–Trinajstić information content (AvgIpc) is 3.21. The Hall–Kier alpha value is -1.59. The molecule has 1 aliphatic rings. The first kappa shape index (κ1) is 13.8. The first-order chi connectivity index (χ1) is 8.96. The van der Waals surface area contributed by atoms with Crippen molar-refractivity contribution in [2.24, 2.45) is 0 Å². The highest BCUT2D eigenvalue weighted by molar-refractivity contribution is 5.91. The molecule has 0 spiro atoms. The van der Waals surface area contributed by atoms with Gasteiger partial charge in [-0.15, -0.1) is 0 Å². The predicted octanol–water partition coefficient (Wildman–Crippen LogP) is 0.160. The van der Waals surface area contributed by atoms with Gasteiger partial charge in [-0.1, -0.05) is 12.1 Å². The van der Waals surface area contributed by atoms with E-state index in [9.17, 15) is 15.0 Å². The highest BCUT2D eigenvalue weighted by Crippen LogP contribution is 2.48. The first-order valence-corrected chi connectivity index (χ1v) is 6.36. The monoisotopic (exact) mass is 264 g/mol. The molecule has 5 heteroatoms. The second-order valence-electron chi connectivity index (χ2n) is 5.54. The zero-order valence-corrected chi connectivity index (χ0v) is 11.0. The number of aliphatic hydroxyl groups is 2. The number of nitrogen functional groups attached to an aromatic ring is 1. The summed E-state index contributed by atoms with van der Waals surface area (Å²) >= 11 is 0. The molecular formula is C14H20N2O3. The summed E-state index contributed by atoms with van der Waals surface area (Å²) in [5, 5.41) is 21.2. The van der Waals surface area contributed by atoms with Crippen LogP contribution in [0.3, 0.4) is 0 Å². The summed E-state index contributed by atoms with van der Waals surface area (Å²) in [6.07, 6.45) is 1.55. The number of anilines is 1. The molecule has 0 bridgehead atoms. The fraction of sp³-hybridized carbons (Fsp3) is 0.500.